The molecule has 0 bridgehead atoms. The average Bonchev–Trinajstić information content (AvgIpc) is 2.53. The number of amides is 1. The highest BCUT2D eigenvalue weighted by atomic mass is 19.1. The van der Waals surface area contributed by atoms with Gasteiger partial charge in [-0.25, -0.2) is 8.78 Å². The molecular formula is C16H17F2N3O. The van der Waals surface area contributed by atoms with Crippen molar-refractivity contribution in [3.8, 4) is 0 Å². The van der Waals surface area contributed by atoms with E-state index in [2.05, 4.69) is 15.6 Å². The quantitative estimate of drug-likeness (QED) is 0.771. The maximum Gasteiger partial charge on any atom is 0.221 e. The van der Waals surface area contributed by atoms with Gasteiger partial charge in [0.1, 0.15) is 11.6 Å². The second-order valence-corrected chi connectivity index (χ2v) is 4.76. The van der Waals surface area contributed by atoms with E-state index >= 15 is 0 Å². The fourth-order valence-electron chi connectivity index (χ4n) is 1.91. The van der Waals surface area contributed by atoms with Crippen molar-refractivity contribution in [1.29, 1.82) is 0 Å². The van der Waals surface area contributed by atoms with Gasteiger partial charge >= 0.3 is 0 Å². The van der Waals surface area contributed by atoms with Crippen molar-refractivity contribution in [2.75, 3.05) is 6.54 Å². The van der Waals surface area contributed by atoms with Crippen molar-refractivity contribution in [2.24, 2.45) is 0 Å². The summed E-state index contributed by atoms with van der Waals surface area (Å²) in [7, 11) is 0. The zero-order chi connectivity index (χ0) is 15.8. The minimum Gasteiger partial charge on any atom is -0.352 e. The number of hydrogen-bond acceptors (Lipinski definition) is 3. The Morgan fingerprint density at radius 2 is 1.86 bits per heavy atom. The maximum absolute atomic E-state index is 13.4. The fourth-order valence-corrected chi connectivity index (χ4v) is 1.91. The van der Waals surface area contributed by atoms with E-state index in [1.165, 1.54) is 18.2 Å². The standard InChI is InChI=1S/C16H17F2N3O/c17-14-4-1-5-15(18)13(14)11-20-8-6-16(22)21-10-12-3-2-7-19-9-12/h1-5,7,9,20H,6,8,10-11H2,(H,21,22). The number of carbonyl (C=O) groups excluding carboxylic acids is 1. The van der Waals surface area contributed by atoms with E-state index < -0.39 is 11.6 Å². The van der Waals surface area contributed by atoms with E-state index in [0.717, 1.165) is 5.56 Å². The molecule has 0 unspecified atom stereocenters. The Kier molecular flexibility index (Phi) is 5.97. The van der Waals surface area contributed by atoms with Gasteiger partial charge in [-0.2, -0.15) is 0 Å². The minimum atomic E-state index is -0.589. The van der Waals surface area contributed by atoms with Gasteiger partial charge in [-0.15, -0.1) is 0 Å². The van der Waals surface area contributed by atoms with Gasteiger partial charge < -0.3 is 10.6 Å². The number of hydrogen-bond donors (Lipinski definition) is 2. The number of pyridine rings is 1. The Hall–Kier alpha value is -2.34. The number of halogens is 2. The summed E-state index contributed by atoms with van der Waals surface area (Å²) in [5.74, 6) is -1.31. The molecule has 0 saturated carbocycles. The summed E-state index contributed by atoms with van der Waals surface area (Å²) in [5, 5.41) is 5.61. The average molecular weight is 305 g/mol. The topological polar surface area (TPSA) is 54.0 Å². The summed E-state index contributed by atoms with van der Waals surface area (Å²) < 4.78 is 26.8. The second kappa shape index (κ2) is 8.19. The molecule has 2 rings (SSSR count). The molecular weight excluding hydrogens is 288 g/mol. The summed E-state index contributed by atoms with van der Waals surface area (Å²) in [6, 6.07) is 7.40. The second-order valence-electron chi connectivity index (χ2n) is 4.76. The molecule has 2 aromatic rings. The molecule has 1 aromatic heterocycles. The predicted octanol–water partition coefficient (Wildman–Crippen LogP) is 2.16. The first-order chi connectivity index (χ1) is 10.7. The van der Waals surface area contributed by atoms with Crippen LogP contribution in [-0.2, 0) is 17.9 Å². The first-order valence-electron chi connectivity index (χ1n) is 6.96. The van der Waals surface area contributed by atoms with Crippen LogP contribution in [0.4, 0.5) is 8.78 Å². The lowest BCUT2D eigenvalue weighted by Crippen LogP contribution is -2.27. The highest BCUT2D eigenvalue weighted by molar-refractivity contribution is 5.76. The zero-order valence-corrected chi connectivity index (χ0v) is 12.0. The Labute approximate surface area is 127 Å². The number of nitrogens with one attached hydrogen (secondary N) is 2. The molecule has 1 heterocycles. The molecule has 2 N–H and O–H groups in total. The van der Waals surface area contributed by atoms with Crippen molar-refractivity contribution in [1.82, 2.24) is 15.6 Å². The highest BCUT2D eigenvalue weighted by Gasteiger charge is 2.08. The molecule has 22 heavy (non-hydrogen) atoms. The lowest BCUT2D eigenvalue weighted by Gasteiger charge is -2.08. The van der Waals surface area contributed by atoms with Crippen LogP contribution in [0.15, 0.2) is 42.7 Å². The third kappa shape index (κ3) is 4.89. The zero-order valence-electron chi connectivity index (χ0n) is 12.0. The first kappa shape index (κ1) is 16.0. The summed E-state index contributed by atoms with van der Waals surface area (Å²) in [6.07, 6.45) is 3.58. The summed E-state index contributed by atoms with van der Waals surface area (Å²) in [4.78, 5) is 15.6. The normalized spacial score (nSPS) is 10.5. The number of rotatable bonds is 7. The van der Waals surface area contributed by atoms with E-state index in [9.17, 15) is 13.6 Å². The molecule has 0 spiro atoms. The molecule has 0 fully saturated rings. The fraction of sp³-hybridized carbons (Fsp3) is 0.250. The molecule has 116 valence electrons. The van der Waals surface area contributed by atoms with E-state index in [1.54, 1.807) is 18.5 Å². The minimum absolute atomic E-state index is 0.0155. The third-order valence-corrected chi connectivity index (χ3v) is 3.10. The van der Waals surface area contributed by atoms with Crippen LogP contribution in [0.5, 0.6) is 0 Å². The molecule has 0 aliphatic rings. The summed E-state index contributed by atoms with van der Waals surface area (Å²) in [5.41, 5.74) is 0.899. The molecule has 0 saturated heterocycles. The molecule has 1 aromatic carbocycles. The lowest BCUT2D eigenvalue weighted by atomic mass is 10.2. The SMILES string of the molecule is O=C(CCNCc1c(F)cccc1F)NCc1cccnc1. The van der Waals surface area contributed by atoms with Crippen molar-refractivity contribution in [3.05, 3.63) is 65.5 Å². The smallest absolute Gasteiger partial charge is 0.221 e. The number of benzene rings is 1. The van der Waals surface area contributed by atoms with Crippen LogP contribution < -0.4 is 10.6 Å². The van der Waals surface area contributed by atoms with Gasteiger partial charge in [0, 0.05) is 44.0 Å². The molecule has 0 aliphatic carbocycles. The van der Waals surface area contributed by atoms with E-state index in [0.29, 0.717) is 13.1 Å². The lowest BCUT2D eigenvalue weighted by molar-refractivity contribution is -0.121. The molecule has 6 heteroatoms. The van der Waals surface area contributed by atoms with E-state index in [-0.39, 0.29) is 24.4 Å². The van der Waals surface area contributed by atoms with Crippen molar-refractivity contribution in [2.45, 2.75) is 19.5 Å². The van der Waals surface area contributed by atoms with Crippen LogP contribution in [0.1, 0.15) is 17.5 Å². The maximum atomic E-state index is 13.4. The Balaban J connectivity index is 1.67. The van der Waals surface area contributed by atoms with Crippen molar-refractivity contribution in [3.63, 3.8) is 0 Å². The van der Waals surface area contributed by atoms with Crippen LogP contribution in [0.3, 0.4) is 0 Å². The molecule has 0 radical (unpaired) electrons. The van der Waals surface area contributed by atoms with Crippen molar-refractivity contribution >= 4 is 5.91 Å². The van der Waals surface area contributed by atoms with Crippen LogP contribution >= 0.6 is 0 Å². The largest absolute Gasteiger partial charge is 0.352 e. The van der Waals surface area contributed by atoms with Crippen LogP contribution in [0.2, 0.25) is 0 Å². The number of aromatic nitrogens is 1. The monoisotopic (exact) mass is 305 g/mol. The van der Waals surface area contributed by atoms with Gasteiger partial charge in [-0.1, -0.05) is 12.1 Å². The Morgan fingerprint density at radius 3 is 2.55 bits per heavy atom. The molecule has 1 amide bonds. The van der Waals surface area contributed by atoms with Gasteiger partial charge in [0.2, 0.25) is 5.91 Å². The number of carbonyl (C=O) groups is 1. The van der Waals surface area contributed by atoms with Gasteiger partial charge in [0.25, 0.3) is 0 Å². The van der Waals surface area contributed by atoms with Crippen LogP contribution in [0, 0.1) is 11.6 Å². The van der Waals surface area contributed by atoms with Gasteiger partial charge in [0.15, 0.2) is 0 Å². The van der Waals surface area contributed by atoms with Crippen molar-refractivity contribution < 1.29 is 13.6 Å². The summed E-state index contributed by atoms with van der Waals surface area (Å²) >= 11 is 0. The van der Waals surface area contributed by atoms with Gasteiger partial charge in [-0.3, -0.25) is 9.78 Å². The van der Waals surface area contributed by atoms with Gasteiger partial charge in [0.05, 0.1) is 0 Å². The highest BCUT2D eigenvalue weighted by Crippen LogP contribution is 2.11. The third-order valence-electron chi connectivity index (χ3n) is 3.10. The number of nitrogens with zero attached hydrogens (tertiary/aromatic N) is 1. The van der Waals surface area contributed by atoms with E-state index in [1.807, 2.05) is 6.07 Å². The first-order valence-corrected chi connectivity index (χ1v) is 6.96. The van der Waals surface area contributed by atoms with Gasteiger partial charge in [-0.05, 0) is 23.8 Å². The van der Waals surface area contributed by atoms with E-state index in [4.69, 9.17) is 0 Å². The predicted molar refractivity (Wildman–Crippen MR) is 78.8 cm³/mol. The Morgan fingerprint density at radius 1 is 1.09 bits per heavy atom. The summed E-state index contributed by atoms with van der Waals surface area (Å²) in [6.45, 7) is 0.801. The van der Waals surface area contributed by atoms with Crippen LogP contribution in [0.25, 0.3) is 0 Å². The Bertz CT molecular complexity index is 600. The molecule has 0 aliphatic heterocycles. The van der Waals surface area contributed by atoms with Crippen LogP contribution in [-0.4, -0.2) is 17.4 Å². The molecule has 0 atom stereocenters. The molecule has 4 nitrogen and oxygen atoms in total.